The molecule has 2 aromatic rings. The SMILES string of the molecule is Cc1ccc(NC(=O)Nc2ccn[nH]2)cc1Cl. The molecular formula is C11H11ClN4O. The lowest BCUT2D eigenvalue weighted by atomic mass is 10.2. The number of aryl methyl sites for hydroxylation is 1. The molecule has 88 valence electrons. The number of aromatic amines is 1. The van der Waals surface area contributed by atoms with Gasteiger partial charge in [0, 0.05) is 16.8 Å². The minimum absolute atomic E-state index is 0.353. The van der Waals surface area contributed by atoms with Crippen molar-refractivity contribution in [3.8, 4) is 0 Å². The normalized spacial score (nSPS) is 10.0. The van der Waals surface area contributed by atoms with Gasteiger partial charge in [0.05, 0.1) is 6.20 Å². The Morgan fingerprint density at radius 2 is 2.18 bits per heavy atom. The Labute approximate surface area is 103 Å². The third kappa shape index (κ3) is 2.98. The van der Waals surface area contributed by atoms with E-state index in [4.69, 9.17) is 11.6 Å². The summed E-state index contributed by atoms with van der Waals surface area (Å²) >= 11 is 5.95. The summed E-state index contributed by atoms with van der Waals surface area (Å²) in [5.41, 5.74) is 1.60. The maximum atomic E-state index is 11.6. The number of nitrogens with zero attached hydrogens (tertiary/aromatic N) is 1. The van der Waals surface area contributed by atoms with Crippen molar-refractivity contribution in [2.75, 3.05) is 10.6 Å². The van der Waals surface area contributed by atoms with Crippen LogP contribution in [0.1, 0.15) is 5.56 Å². The van der Waals surface area contributed by atoms with Crippen LogP contribution in [0.3, 0.4) is 0 Å². The van der Waals surface area contributed by atoms with Gasteiger partial charge in [-0.25, -0.2) is 4.79 Å². The van der Waals surface area contributed by atoms with E-state index in [2.05, 4.69) is 20.8 Å². The Morgan fingerprint density at radius 1 is 1.35 bits per heavy atom. The number of urea groups is 1. The van der Waals surface area contributed by atoms with Crippen molar-refractivity contribution >= 4 is 29.1 Å². The molecule has 3 N–H and O–H groups in total. The van der Waals surface area contributed by atoms with E-state index in [1.54, 1.807) is 24.4 Å². The lowest BCUT2D eigenvalue weighted by Gasteiger charge is -2.07. The highest BCUT2D eigenvalue weighted by atomic mass is 35.5. The van der Waals surface area contributed by atoms with Gasteiger partial charge in [0.25, 0.3) is 0 Å². The van der Waals surface area contributed by atoms with Crippen molar-refractivity contribution < 1.29 is 4.79 Å². The van der Waals surface area contributed by atoms with Crippen LogP contribution >= 0.6 is 11.6 Å². The van der Waals surface area contributed by atoms with E-state index in [1.165, 1.54) is 0 Å². The average molecular weight is 251 g/mol. The van der Waals surface area contributed by atoms with Crippen molar-refractivity contribution in [1.82, 2.24) is 10.2 Å². The van der Waals surface area contributed by atoms with Gasteiger partial charge in [0.15, 0.2) is 0 Å². The lowest BCUT2D eigenvalue weighted by Crippen LogP contribution is -2.19. The van der Waals surface area contributed by atoms with Crippen LogP contribution in [0.15, 0.2) is 30.5 Å². The van der Waals surface area contributed by atoms with Gasteiger partial charge in [-0.3, -0.25) is 10.4 Å². The Bertz CT molecular complexity index is 524. The molecule has 0 unspecified atom stereocenters. The van der Waals surface area contributed by atoms with E-state index in [1.807, 2.05) is 13.0 Å². The number of nitrogens with one attached hydrogen (secondary N) is 3. The monoisotopic (exact) mass is 250 g/mol. The highest BCUT2D eigenvalue weighted by Gasteiger charge is 2.04. The molecular weight excluding hydrogens is 240 g/mol. The van der Waals surface area contributed by atoms with Crippen LogP contribution in [-0.4, -0.2) is 16.2 Å². The Balaban J connectivity index is 2.00. The van der Waals surface area contributed by atoms with Crippen LogP contribution in [0.5, 0.6) is 0 Å². The fourth-order valence-corrected chi connectivity index (χ4v) is 1.46. The second kappa shape index (κ2) is 4.88. The maximum Gasteiger partial charge on any atom is 0.324 e. The van der Waals surface area contributed by atoms with Gasteiger partial charge in [0.2, 0.25) is 0 Å². The molecule has 0 fully saturated rings. The smallest absolute Gasteiger partial charge is 0.308 e. The quantitative estimate of drug-likeness (QED) is 0.767. The predicted octanol–water partition coefficient (Wildman–Crippen LogP) is 3.02. The first kappa shape index (κ1) is 11.5. The summed E-state index contributed by atoms with van der Waals surface area (Å²) in [6.07, 6.45) is 1.55. The first-order chi connectivity index (χ1) is 8.15. The van der Waals surface area contributed by atoms with Crippen molar-refractivity contribution in [3.05, 3.63) is 41.0 Å². The van der Waals surface area contributed by atoms with Gasteiger partial charge in [-0.2, -0.15) is 5.10 Å². The number of hydrogen-bond donors (Lipinski definition) is 3. The largest absolute Gasteiger partial charge is 0.324 e. The van der Waals surface area contributed by atoms with Crippen LogP contribution in [0.4, 0.5) is 16.3 Å². The average Bonchev–Trinajstić information content (AvgIpc) is 2.76. The Kier molecular flexibility index (Phi) is 3.30. The Hall–Kier alpha value is -2.01. The van der Waals surface area contributed by atoms with Crippen LogP contribution < -0.4 is 10.6 Å². The van der Waals surface area contributed by atoms with E-state index < -0.39 is 0 Å². The summed E-state index contributed by atoms with van der Waals surface area (Å²) in [5.74, 6) is 0.528. The second-order valence-corrected chi connectivity index (χ2v) is 3.92. The number of H-pyrrole nitrogens is 1. The van der Waals surface area contributed by atoms with Gasteiger partial charge in [0.1, 0.15) is 5.82 Å². The molecule has 0 bridgehead atoms. The highest BCUT2D eigenvalue weighted by molar-refractivity contribution is 6.31. The maximum absolute atomic E-state index is 11.6. The first-order valence-electron chi connectivity index (χ1n) is 4.98. The summed E-state index contributed by atoms with van der Waals surface area (Å²) in [7, 11) is 0. The van der Waals surface area contributed by atoms with E-state index in [9.17, 15) is 4.79 Å². The molecule has 17 heavy (non-hydrogen) atoms. The van der Waals surface area contributed by atoms with Crippen molar-refractivity contribution in [2.24, 2.45) is 0 Å². The molecule has 0 atom stereocenters. The number of anilines is 2. The molecule has 0 radical (unpaired) electrons. The standard InChI is InChI=1S/C11H11ClN4O/c1-7-2-3-8(6-9(7)12)14-11(17)15-10-4-5-13-16-10/h2-6H,1H3,(H3,13,14,15,16,17). The van der Waals surface area contributed by atoms with Crippen molar-refractivity contribution in [2.45, 2.75) is 6.92 Å². The molecule has 2 amide bonds. The highest BCUT2D eigenvalue weighted by Crippen LogP contribution is 2.19. The van der Waals surface area contributed by atoms with Crippen molar-refractivity contribution in [1.29, 1.82) is 0 Å². The number of hydrogen-bond acceptors (Lipinski definition) is 2. The fraction of sp³-hybridized carbons (Fsp3) is 0.0909. The van der Waals surface area contributed by atoms with E-state index >= 15 is 0 Å². The predicted molar refractivity (Wildman–Crippen MR) is 67.4 cm³/mol. The summed E-state index contributed by atoms with van der Waals surface area (Å²) in [4.78, 5) is 11.6. The molecule has 5 nitrogen and oxygen atoms in total. The number of benzene rings is 1. The number of aromatic nitrogens is 2. The van der Waals surface area contributed by atoms with Crippen LogP contribution in [0.2, 0.25) is 5.02 Å². The molecule has 0 aliphatic rings. The van der Waals surface area contributed by atoms with Gasteiger partial charge in [-0.15, -0.1) is 0 Å². The van der Waals surface area contributed by atoms with E-state index in [-0.39, 0.29) is 6.03 Å². The number of carbonyl (C=O) groups is 1. The number of rotatable bonds is 2. The third-order valence-corrected chi connectivity index (χ3v) is 2.59. The summed E-state index contributed by atoms with van der Waals surface area (Å²) < 4.78 is 0. The zero-order valence-corrected chi connectivity index (χ0v) is 9.88. The van der Waals surface area contributed by atoms with Gasteiger partial charge < -0.3 is 5.32 Å². The molecule has 2 rings (SSSR count). The van der Waals surface area contributed by atoms with Gasteiger partial charge in [-0.1, -0.05) is 17.7 Å². The number of carbonyl (C=O) groups excluding carboxylic acids is 1. The number of amides is 2. The second-order valence-electron chi connectivity index (χ2n) is 3.51. The minimum Gasteiger partial charge on any atom is -0.308 e. The molecule has 0 saturated heterocycles. The third-order valence-electron chi connectivity index (χ3n) is 2.18. The van der Waals surface area contributed by atoms with Crippen LogP contribution in [-0.2, 0) is 0 Å². The van der Waals surface area contributed by atoms with Crippen LogP contribution in [0.25, 0.3) is 0 Å². The molecule has 6 heteroatoms. The lowest BCUT2D eigenvalue weighted by molar-refractivity contribution is 0.262. The number of halogens is 1. The fourth-order valence-electron chi connectivity index (χ4n) is 1.28. The molecule has 0 saturated carbocycles. The van der Waals surface area contributed by atoms with Gasteiger partial charge in [-0.05, 0) is 24.6 Å². The zero-order chi connectivity index (χ0) is 12.3. The molecule has 1 aromatic heterocycles. The molecule has 0 aliphatic carbocycles. The van der Waals surface area contributed by atoms with Crippen LogP contribution in [0, 0.1) is 6.92 Å². The van der Waals surface area contributed by atoms with Crippen molar-refractivity contribution in [3.63, 3.8) is 0 Å². The molecule has 0 aliphatic heterocycles. The minimum atomic E-state index is -0.353. The summed E-state index contributed by atoms with van der Waals surface area (Å²) in [5, 5.41) is 12.2. The molecule has 1 heterocycles. The summed E-state index contributed by atoms with van der Waals surface area (Å²) in [6, 6.07) is 6.63. The topological polar surface area (TPSA) is 69.8 Å². The summed E-state index contributed by atoms with van der Waals surface area (Å²) in [6.45, 7) is 1.90. The van der Waals surface area contributed by atoms with E-state index in [0.717, 1.165) is 5.56 Å². The molecule has 0 spiro atoms. The first-order valence-corrected chi connectivity index (χ1v) is 5.36. The zero-order valence-electron chi connectivity index (χ0n) is 9.12. The Morgan fingerprint density at radius 3 is 2.82 bits per heavy atom. The van der Waals surface area contributed by atoms with E-state index in [0.29, 0.717) is 16.5 Å². The van der Waals surface area contributed by atoms with Gasteiger partial charge >= 0.3 is 6.03 Å². The molecule has 1 aromatic carbocycles.